The van der Waals surface area contributed by atoms with Crippen molar-refractivity contribution in [3.63, 3.8) is 0 Å². The van der Waals surface area contributed by atoms with E-state index in [-0.39, 0.29) is 24.5 Å². The van der Waals surface area contributed by atoms with Crippen molar-refractivity contribution in [1.82, 2.24) is 10.3 Å². The summed E-state index contributed by atoms with van der Waals surface area (Å²) >= 11 is 6.13. The zero-order valence-corrected chi connectivity index (χ0v) is 16.9. The zero-order valence-electron chi connectivity index (χ0n) is 16.2. The number of hydrogen-bond acceptors (Lipinski definition) is 2. The van der Waals surface area contributed by atoms with Crippen LogP contribution < -0.4 is 5.32 Å². The van der Waals surface area contributed by atoms with Crippen molar-refractivity contribution in [2.75, 3.05) is 6.61 Å². The van der Waals surface area contributed by atoms with E-state index in [1.54, 1.807) is 0 Å². The molecule has 0 saturated heterocycles. The SMILES string of the molecule is CC(C(=O)NC(CO)Cc1ccccc1)c1ccc2c(c1)[nH]c1ccc(Cl)cc12. The molecule has 5 heteroatoms. The molecule has 148 valence electrons. The Kier molecular flexibility index (Phi) is 5.56. The van der Waals surface area contributed by atoms with E-state index in [0.29, 0.717) is 11.4 Å². The summed E-state index contributed by atoms with van der Waals surface area (Å²) in [5, 5.41) is 15.5. The van der Waals surface area contributed by atoms with Crippen LogP contribution in [-0.2, 0) is 11.2 Å². The van der Waals surface area contributed by atoms with Gasteiger partial charge in [0.1, 0.15) is 0 Å². The fraction of sp³-hybridized carbons (Fsp3) is 0.208. The van der Waals surface area contributed by atoms with Crippen molar-refractivity contribution in [2.24, 2.45) is 0 Å². The molecule has 4 aromatic rings. The van der Waals surface area contributed by atoms with Crippen LogP contribution in [-0.4, -0.2) is 28.6 Å². The van der Waals surface area contributed by atoms with Gasteiger partial charge in [-0.05, 0) is 48.7 Å². The molecule has 0 bridgehead atoms. The van der Waals surface area contributed by atoms with E-state index < -0.39 is 0 Å². The maximum atomic E-state index is 12.8. The zero-order chi connectivity index (χ0) is 20.4. The molecule has 2 atom stereocenters. The molecule has 0 fully saturated rings. The van der Waals surface area contributed by atoms with E-state index in [1.165, 1.54) is 0 Å². The molecule has 3 aromatic carbocycles. The molecule has 2 unspecified atom stereocenters. The highest BCUT2D eigenvalue weighted by molar-refractivity contribution is 6.31. The van der Waals surface area contributed by atoms with Gasteiger partial charge in [-0.1, -0.05) is 54.1 Å². The van der Waals surface area contributed by atoms with Crippen LogP contribution in [0.1, 0.15) is 24.0 Å². The van der Waals surface area contributed by atoms with Crippen molar-refractivity contribution in [1.29, 1.82) is 0 Å². The van der Waals surface area contributed by atoms with Crippen LogP contribution in [0.2, 0.25) is 5.02 Å². The fourth-order valence-corrected chi connectivity index (χ4v) is 3.87. The Labute approximate surface area is 174 Å². The summed E-state index contributed by atoms with van der Waals surface area (Å²) in [4.78, 5) is 16.2. The number of carbonyl (C=O) groups excluding carboxylic acids is 1. The van der Waals surface area contributed by atoms with Crippen molar-refractivity contribution < 1.29 is 9.90 Å². The summed E-state index contributed by atoms with van der Waals surface area (Å²) in [6, 6.07) is 21.3. The highest BCUT2D eigenvalue weighted by atomic mass is 35.5. The minimum absolute atomic E-state index is 0.0986. The van der Waals surface area contributed by atoms with Crippen molar-refractivity contribution >= 4 is 39.3 Å². The first-order valence-electron chi connectivity index (χ1n) is 9.71. The largest absolute Gasteiger partial charge is 0.394 e. The molecule has 4 rings (SSSR count). The van der Waals surface area contributed by atoms with Crippen LogP contribution in [0.3, 0.4) is 0 Å². The third-order valence-corrected chi connectivity index (χ3v) is 5.60. The Morgan fingerprint density at radius 2 is 1.83 bits per heavy atom. The molecule has 4 nitrogen and oxygen atoms in total. The number of aliphatic hydroxyl groups excluding tert-OH is 1. The number of hydrogen-bond donors (Lipinski definition) is 3. The lowest BCUT2D eigenvalue weighted by Crippen LogP contribution is -2.41. The number of H-pyrrole nitrogens is 1. The van der Waals surface area contributed by atoms with E-state index in [2.05, 4.69) is 10.3 Å². The van der Waals surface area contributed by atoms with Crippen LogP contribution in [0.15, 0.2) is 66.7 Å². The number of aromatic amines is 1. The second kappa shape index (κ2) is 8.27. The first-order chi connectivity index (χ1) is 14.0. The summed E-state index contributed by atoms with van der Waals surface area (Å²) in [6.07, 6.45) is 0.595. The van der Waals surface area contributed by atoms with Crippen molar-refractivity contribution in [3.8, 4) is 0 Å². The van der Waals surface area contributed by atoms with Crippen LogP contribution >= 0.6 is 11.6 Å². The predicted molar refractivity (Wildman–Crippen MR) is 118 cm³/mol. The Morgan fingerprint density at radius 1 is 1.03 bits per heavy atom. The molecule has 3 N–H and O–H groups in total. The van der Waals surface area contributed by atoms with Gasteiger partial charge in [-0.25, -0.2) is 0 Å². The maximum Gasteiger partial charge on any atom is 0.227 e. The van der Waals surface area contributed by atoms with E-state index in [0.717, 1.165) is 32.9 Å². The van der Waals surface area contributed by atoms with E-state index in [1.807, 2.05) is 73.7 Å². The molecule has 1 amide bonds. The van der Waals surface area contributed by atoms with E-state index >= 15 is 0 Å². The van der Waals surface area contributed by atoms with Gasteiger partial charge in [0.25, 0.3) is 0 Å². The molecule has 0 spiro atoms. The van der Waals surface area contributed by atoms with Crippen LogP contribution in [0.25, 0.3) is 21.8 Å². The summed E-state index contributed by atoms with van der Waals surface area (Å²) < 4.78 is 0. The van der Waals surface area contributed by atoms with E-state index in [9.17, 15) is 9.90 Å². The number of halogens is 1. The molecular weight excluding hydrogens is 384 g/mol. The Hall–Kier alpha value is -2.82. The molecule has 0 saturated carbocycles. The summed E-state index contributed by atoms with van der Waals surface area (Å²) in [6.45, 7) is 1.78. The molecule has 1 heterocycles. The summed E-state index contributed by atoms with van der Waals surface area (Å²) in [7, 11) is 0. The number of aliphatic hydroxyl groups is 1. The number of nitrogens with one attached hydrogen (secondary N) is 2. The number of benzene rings is 3. The average molecular weight is 407 g/mol. The van der Waals surface area contributed by atoms with Gasteiger partial charge in [-0.2, -0.15) is 0 Å². The maximum absolute atomic E-state index is 12.8. The lowest BCUT2D eigenvalue weighted by molar-refractivity contribution is -0.123. The van der Waals surface area contributed by atoms with Gasteiger partial charge >= 0.3 is 0 Å². The molecule has 29 heavy (non-hydrogen) atoms. The quantitative estimate of drug-likeness (QED) is 0.430. The monoisotopic (exact) mass is 406 g/mol. The third kappa shape index (κ3) is 4.14. The number of fused-ring (bicyclic) bond motifs is 3. The van der Waals surface area contributed by atoms with Gasteiger partial charge in [-0.15, -0.1) is 0 Å². The minimum atomic E-state index is -0.334. The second-order valence-corrected chi connectivity index (χ2v) is 7.86. The number of carbonyl (C=O) groups is 1. The first kappa shape index (κ1) is 19.5. The normalized spacial score (nSPS) is 13.5. The third-order valence-electron chi connectivity index (χ3n) is 5.37. The Bertz CT molecular complexity index is 1150. The molecule has 0 aliphatic heterocycles. The highest BCUT2D eigenvalue weighted by Gasteiger charge is 2.20. The molecule has 0 aliphatic carbocycles. The lowest BCUT2D eigenvalue weighted by atomic mass is 9.97. The molecule has 0 aliphatic rings. The lowest BCUT2D eigenvalue weighted by Gasteiger charge is -2.20. The Balaban J connectivity index is 1.53. The van der Waals surface area contributed by atoms with Crippen LogP contribution in [0, 0.1) is 0 Å². The number of aromatic nitrogens is 1. The topological polar surface area (TPSA) is 65.1 Å². The second-order valence-electron chi connectivity index (χ2n) is 7.42. The van der Waals surface area contributed by atoms with Gasteiger partial charge in [0.15, 0.2) is 0 Å². The molecule has 1 aromatic heterocycles. The Morgan fingerprint density at radius 3 is 2.59 bits per heavy atom. The fourth-order valence-electron chi connectivity index (χ4n) is 3.70. The van der Waals surface area contributed by atoms with Crippen molar-refractivity contribution in [2.45, 2.75) is 25.3 Å². The number of rotatable bonds is 6. The average Bonchev–Trinajstić information content (AvgIpc) is 3.10. The van der Waals surface area contributed by atoms with Gasteiger partial charge in [0, 0.05) is 26.8 Å². The van der Waals surface area contributed by atoms with Gasteiger partial charge < -0.3 is 15.4 Å². The summed E-state index contributed by atoms with van der Waals surface area (Å²) in [5.74, 6) is -0.433. The highest BCUT2D eigenvalue weighted by Crippen LogP contribution is 2.30. The smallest absolute Gasteiger partial charge is 0.227 e. The summed E-state index contributed by atoms with van der Waals surface area (Å²) in [5.41, 5.74) is 3.99. The van der Waals surface area contributed by atoms with Gasteiger partial charge in [0.2, 0.25) is 5.91 Å². The van der Waals surface area contributed by atoms with Crippen LogP contribution in [0.5, 0.6) is 0 Å². The first-order valence-corrected chi connectivity index (χ1v) is 10.1. The standard InChI is InChI=1S/C24H23ClN2O2/c1-15(24(29)26-19(14-28)11-16-5-3-2-4-6-16)17-7-9-20-21-13-18(25)8-10-22(21)27-23(20)12-17/h2-10,12-13,15,19,27-28H,11,14H2,1H3,(H,26,29). The van der Waals surface area contributed by atoms with Gasteiger partial charge in [-0.3, -0.25) is 4.79 Å². The molecule has 0 radical (unpaired) electrons. The van der Waals surface area contributed by atoms with E-state index in [4.69, 9.17) is 11.6 Å². The van der Waals surface area contributed by atoms with Gasteiger partial charge in [0.05, 0.1) is 18.6 Å². The van der Waals surface area contributed by atoms with Crippen molar-refractivity contribution in [3.05, 3.63) is 82.9 Å². The predicted octanol–water partition coefficient (Wildman–Crippen LogP) is 4.80. The van der Waals surface area contributed by atoms with Crippen LogP contribution in [0.4, 0.5) is 0 Å². The molecular formula is C24H23ClN2O2. The number of amides is 1. The minimum Gasteiger partial charge on any atom is -0.394 e.